The molecule has 0 bridgehead atoms. The maximum absolute atomic E-state index is 12.6. The highest BCUT2D eigenvalue weighted by atomic mass is 32.1. The van der Waals surface area contributed by atoms with Crippen LogP contribution >= 0.6 is 12.6 Å². The van der Waals surface area contributed by atoms with Gasteiger partial charge in [-0.1, -0.05) is 0 Å². The molecule has 1 saturated heterocycles. The second-order valence-electron chi connectivity index (χ2n) is 5.27. The summed E-state index contributed by atoms with van der Waals surface area (Å²) in [7, 11) is 0. The summed E-state index contributed by atoms with van der Waals surface area (Å²) in [5.74, 6) is -1.46. The van der Waals surface area contributed by atoms with Crippen molar-refractivity contribution in [1.82, 2.24) is 0 Å². The van der Waals surface area contributed by atoms with Crippen LogP contribution in [0, 0.1) is 5.82 Å². The molecule has 0 spiro atoms. The molecule has 3 N–H and O–H groups in total. The Morgan fingerprint density at radius 1 is 1.17 bits per heavy atom. The van der Waals surface area contributed by atoms with Crippen molar-refractivity contribution in [2.75, 3.05) is 23.7 Å². The number of phenolic OH excluding ortho intramolecular Hbond substituents is 1. The lowest BCUT2D eigenvalue weighted by molar-refractivity contribution is 0.112. The van der Waals surface area contributed by atoms with E-state index in [4.69, 9.17) is 10.8 Å². The van der Waals surface area contributed by atoms with Gasteiger partial charge in [-0.2, -0.15) is 0 Å². The number of rotatable bonds is 2. The smallest absolute Gasteiger partial charge is 0.166 e. The molecule has 2 aromatic carbocycles. The van der Waals surface area contributed by atoms with Gasteiger partial charge in [-0.25, -0.2) is 4.39 Å². The number of halogens is 1. The highest BCUT2D eigenvalue weighted by Crippen LogP contribution is 2.23. The van der Waals surface area contributed by atoms with Crippen LogP contribution in [0.4, 0.5) is 15.8 Å². The Kier molecular flexibility index (Phi) is 5.87. The number of hydrogen-bond donors (Lipinski definition) is 3. The lowest BCUT2D eigenvalue weighted by Gasteiger charge is -2.17. The van der Waals surface area contributed by atoms with Gasteiger partial charge in [0.25, 0.3) is 0 Å². The van der Waals surface area contributed by atoms with E-state index in [1.165, 1.54) is 37.7 Å². The van der Waals surface area contributed by atoms with Crippen LogP contribution in [-0.2, 0) is 0 Å². The Labute approximate surface area is 140 Å². The maximum atomic E-state index is 12.6. The number of nitrogens with two attached hydrogens (primary N) is 1. The van der Waals surface area contributed by atoms with Crippen molar-refractivity contribution in [2.24, 2.45) is 0 Å². The van der Waals surface area contributed by atoms with Crippen molar-refractivity contribution >= 4 is 30.3 Å². The molecule has 23 heavy (non-hydrogen) atoms. The number of aldehydes is 1. The molecule has 2 aromatic rings. The van der Waals surface area contributed by atoms with Gasteiger partial charge >= 0.3 is 0 Å². The molecule has 1 heterocycles. The lowest BCUT2D eigenvalue weighted by Crippen LogP contribution is -2.17. The van der Waals surface area contributed by atoms with E-state index in [0.29, 0.717) is 11.2 Å². The fraction of sp³-hybridized carbons (Fsp3) is 0.235. The van der Waals surface area contributed by atoms with Gasteiger partial charge in [0, 0.05) is 29.4 Å². The third-order valence-electron chi connectivity index (χ3n) is 3.57. The Morgan fingerprint density at radius 2 is 1.78 bits per heavy atom. The van der Waals surface area contributed by atoms with Crippen LogP contribution in [0.5, 0.6) is 5.75 Å². The molecule has 1 aliphatic heterocycles. The average Bonchev–Trinajstić information content (AvgIpc) is 3.06. The largest absolute Gasteiger partial charge is 0.504 e. The number of carbonyl (C=O) groups is 1. The molecule has 1 aliphatic rings. The number of aromatic hydroxyl groups is 1. The van der Waals surface area contributed by atoms with Gasteiger partial charge in [0.15, 0.2) is 17.9 Å². The molecule has 0 aliphatic carbocycles. The zero-order valence-electron chi connectivity index (χ0n) is 12.6. The highest BCUT2D eigenvalue weighted by molar-refractivity contribution is 7.80. The number of phenols is 1. The van der Waals surface area contributed by atoms with Crippen molar-refractivity contribution in [3.63, 3.8) is 0 Å². The first-order valence-corrected chi connectivity index (χ1v) is 7.73. The highest BCUT2D eigenvalue weighted by Gasteiger charge is 2.11. The van der Waals surface area contributed by atoms with Crippen molar-refractivity contribution in [1.29, 1.82) is 0 Å². The lowest BCUT2D eigenvalue weighted by atomic mass is 10.2. The Morgan fingerprint density at radius 3 is 2.35 bits per heavy atom. The fourth-order valence-electron chi connectivity index (χ4n) is 2.36. The zero-order valence-corrected chi connectivity index (χ0v) is 13.5. The predicted molar refractivity (Wildman–Crippen MR) is 93.0 cm³/mol. The zero-order chi connectivity index (χ0) is 16.8. The number of anilines is 2. The van der Waals surface area contributed by atoms with Gasteiger partial charge in [-0.15, -0.1) is 12.6 Å². The second-order valence-corrected chi connectivity index (χ2v) is 5.79. The maximum Gasteiger partial charge on any atom is 0.166 e. The van der Waals surface area contributed by atoms with Gasteiger partial charge in [-0.3, -0.25) is 4.79 Å². The van der Waals surface area contributed by atoms with E-state index in [2.05, 4.69) is 29.7 Å². The van der Waals surface area contributed by atoms with Crippen molar-refractivity contribution in [3.05, 3.63) is 47.8 Å². The molecule has 122 valence electrons. The van der Waals surface area contributed by atoms with E-state index in [1.807, 2.05) is 12.1 Å². The first-order valence-electron chi connectivity index (χ1n) is 7.28. The normalized spacial score (nSPS) is 13.4. The van der Waals surface area contributed by atoms with Crippen LogP contribution in [0.15, 0.2) is 41.3 Å². The second kappa shape index (κ2) is 7.87. The van der Waals surface area contributed by atoms with E-state index in [-0.39, 0.29) is 5.56 Å². The van der Waals surface area contributed by atoms with Gasteiger partial charge in [0.1, 0.15) is 0 Å². The van der Waals surface area contributed by atoms with Gasteiger partial charge in [0.2, 0.25) is 0 Å². The first-order chi connectivity index (χ1) is 11.0. The molecular weight excluding hydrogens is 315 g/mol. The van der Waals surface area contributed by atoms with Crippen molar-refractivity contribution in [2.45, 2.75) is 17.7 Å². The molecule has 0 amide bonds. The average molecular weight is 334 g/mol. The molecule has 0 atom stereocenters. The monoisotopic (exact) mass is 334 g/mol. The summed E-state index contributed by atoms with van der Waals surface area (Å²) in [5, 5.41) is 8.88. The van der Waals surface area contributed by atoms with Gasteiger partial charge < -0.3 is 15.7 Å². The topological polar surface area (TPSA) is 66.6 Å². The van der Waals surface area contributed by atoms with Crippen LogP contribution in [0.25, 0.3) is 0 Å². The molecule has 6 heteroatoms. The molecule has 1 fully saturated rings. The van der Waals surface area contributed by atoms with Crippen molar-refractivity contribution in [3.8, 4) is 5.75 Å². The van der Waals surface area contributed by atoms with Crippen LogP contribution in [0.3, 0.4) is 0 Å². The standard InChI is InChI=1S/C10H14N2.C7H5FO2S/c11-9-3-5-10(6-4-9)12-7-1-2-8-12;8-6-2-5(11)1-4(3-9)7(6)10/h3-6H,1-2,7-8,11H2;1-3,10-11H. The number of hydrogen-bond acceptors (Lipinski definition) is 5. The number of benzene rings is 2. The summed E-state index contributed by atoms with van der Waals surface area (Å²) in [6.07, 6.45) is 3.02. The van der Waals surface area contributed by atoms with Crippen LogP contribution in [0.2, 0.25) is 0 Å². The predicted octanol–water partition coefficient (Wildman–Crippen LogP) is 3.50. The number of carbonyl (C=O) groups excluding carboxylic acids is 1. The van der Waals surface area contributed by atoms with E-state index in [1.54, 1.807) is 0 Å². The molecule has 0 radical (unpaired) electrons. The summed E-state index contributed by atoms with van der Waals surface area (Å²) < 4.78 is 12.6. The summed E-state index contributed by atoms with van der Waals surface area (Å²) in [6.45, 7) is 2.40. The minimum Gasteiger partial charge on any atom is -0.504 e. The molecule has 0 saturated carbocycles. The number of nitrogens with zero attached hydrogens (tertiary/aromatic N) is 1. The molecular formula is C17H19FN2O2S. The fourth-order valence-corrected chi connectivity index (χ4v) is 2.61. The number of thiol groups is 1. The Bertz CT molecular complexity index is 671. The quantitative estimate of drug-likeness (QED) is 0.447. The van der Waals surface area contributed by atoms with Crippen LogP contribution in [0.1, 0.15) is 23.2 Å². The molecule has 0 unspecified atom stereocenters. The minimum atomic E-state index is -0.834. The third kappa shape index (κ3) is 4.63. The van der Waals surface area contributed by atoms with Crippen molar-refractivity contribution < 1.29 is 14.3 Å². The molecule has 3 rings (SSSR count). The molecule has 0 aromatic heterocycles. The first kappa shape index (κ1) is 17.1. The SMILES string of the molecule is Nc1ccc(N2CCCC2)cc1.O=Cc1cc(S)cc(F)c1O. The van der Waals surface area contributed by atoms with Gasteiger partial charge in [0.05, 0.1) is 5.56 Å². The Hall–Kier alpha value is -2.21. The summed E-state index contributed by atoms with van der Waals surface area (Å²) in [6, 6.07) is 10.4. The summed E-state index contributed by atoms with van der Waals surface area (Å²) in [5.41, 5.74) is 7.67. The third-order valence-corrected chi connectivity index (χ3v) is 3.83. The van der Waals surface area contributed by atoms with Crippen LogP contribution < -0.4 is 10.6 Å². The summed E-state index contributed by atoms with van der Waals surface area (Å²) in [4.78, 5) is 12.9. The summed E-state index contributed by atoms with van der Waals surface area (Å²) >= 11 is 3.82. The van der Waals surface area contributed by atoms with E-state index in [0.717, 1.165) is 11.8 Å². The Balaban J connectivity index is 0.000000168. The van der Waals surface area contributed by atoms with Gasteiger partial charge in [-0.05, 0) is 49.2 Å². The van der Waals surface area contributed by atoms with E-state index < -0.39 is 11.6 Å². The van der Waals surface area contributed by atoms with E-state index >= 15 is 0 Å². The molecule has 4 nitrogen and oxygen atoms in total. The van der Waals surface area contributed by atoms with E-state index in [9.17, 15) is 9.18 Å². The van der Waals surface area contributed by atoms with Crippen LogP contribution in [-0.4, -0.2) is 24.5 Å². The number of nitrogen functional groups attached to an aromatic ring is 1. The minimum absolute atomic E-state index is 0.0880.